The van der Waals surface area contributed by atoms with Crippen molar-refractivity contribution >= 4 is 40.0 Å². The molecule has 2 aromatic rings. The summed E-state index contributed by atoms with van der Waals surface area (Å²) in [5.41, 5.74) is 6.87. The van der Waals surface area contributed by atoms with Crippen LogP contribution in [0, 0.1) is 0 Å². The summed E-state index contributed by atoms with van der Waals surface area (Å²) in [5.74, 6) is 0.424. The van der Waals surface area contributed by atoms with Gasteiger partial charge in [0.2, 0.25) is 0 Å². The maximum absolute atomic E-state index is 12.3. The number of nitrogen functional groups attached to an aromatic ring is 1. The molecule has 0 atom stereocenters. The summed E-state index contributed by atoms with van der Waals surface area (Å²) >= 11 is 2.61. The molecule has 1 amide bonds. The second-order valence-electron chi connectivity index (χ2n) is 4.91. The molecule has 8 heteroatoms. The highest BCUT2D eigenvalue weighted by atomic mass is 32.2. The van der Waals surface area contributed by atoms with E-state index in [0.717, 1.165) is 22.0 Å². The summed E-state index contributed by atoms with van der Waals surface area (Å²) in [7, 11) is 3.15. The van der Waals surface area contributed by atoms with Gasteiger partial charge in [-0.3, -0.25) is 4.79 Å². The van der Waals surface area contributed by atoms with Gasteiger partial charge in [0.1, 0.15) is 10.8 Å². The van der Waals surface area contributed by atoms with Gasteiger partial charge in [0.25, 0.3) is 5.91 Å². The quantitative estimate of drug-likeness (QED) is 0.566. The minimum atomic E-state index is -0.503. The van der Waals surface area contributed by atoms with Crippen LogP contribution in [0.3, 0.4) is 0 Å². The Balaban J connectivity index is 2.31. The Morgan fingerprint density at radius 2 is 1.96 bits per heavy atom. The smallest absolute Gasteiger partial charge is 0.341 e. The Morgan fingerprint density at radius 1 is 1.28 bits per heavy atom. The van der Waals surface area contributed by atoms with Gasteiger partial charge in [-0.15, -0.1) is 23.1 Å². The third kappa shape index (κ3) is 4.46. The molecule has 6 nitrogen and oxygen atoms in total. The number of anilines is 1. The van der Waals surface area contributed by atoms with Crippen LogP contribution < -0.4 is 15.8 Å². The van der Waals surface area contributed by atoms with Crippen LogP contribution in [0.5, 0.6) is 5.75 Å². The van der Waals surface area contributed by atoms with Gasteiger partial charge in [0.15, 0.2) is 0 Å². The Labute approximate surface area is 154 Å². The lowest BCUT2D eigenvalue weighted by Gasteiger charge is -2.08. The van der Waals surface area contributed by atoms with Crippen LogP contribution in [0.1, 0.15) is 32.5 Å². The van der Waals surface area contributed by atoms with E-state index in [1.54, 1.807) is 21.1 Å². The van der Waals surface area contributed by atoms with Crippen molar-refractivity contribution in [3.63, 3.8) is 0 Å². The standard InChI is InChI=1S/C17H20N2O4S2/c1-4-23-17(21)13-12(14(16(20)19-2)25-15(13)18)9-24-11-7-5-10(22-3)6-8-11/h5-8H,4,9,18H2,1-3H3,(H,19,20). The molecule has 2 rings (SSSR count). The van der Waals surface area contributed by atoms with E-state index in [2.05, 4.69) is 5.32 Å². The molecule has 0 saturated carbocycles. The van der Waals surface area contributed by atoms with Gasteiger partial charge in [-0.1, -0.05) is 0 Å². The topological polar surface area (TPSA) is 90.7 Å². The van der Waals surface area contributed by atoms with E-state index in [1.165, 1.54) is 11.8 Å². The number of benzene rings is 1. The van der Waals surface area contributed by atoms with Gasteiger partial charge in [-0.05, 0) is 31.2 Å². The summed E-state index contributed by atoms with van der Waals surface area (Å²) in [6, 6.07) is 7.55. The number of hydrogen-bond acceptors (Lipinski definition) is 7. The highest BCUT2D eigenvalue weighted by Gasteiger charge is 2.26. The average Bonchev–Trinajstić information content (AvgIpc) is 2.96. The Kier molecular flexibility index (Phi) is 6.72. The van der Waals surface area contributed by atoms with Crippen molar-refractivity contribution in [2.75, 3.05) is 26.5 Å². The highest BCUT2D eigenvalue weighted by Crippen LogP contribution is 2.36. The van der Waals surface area contributed by atoms with Crippen LogP contribution in [0.2, 0.25) is 0 Å². The zero-order valence-electron chi connectivity index (χ0n) is 14.3. The molecule has 3 N–H and O–H groups in total. The molecular weight excluding hydrogens is 360 g/mol. The Morgan fingerprint density at radius 3 is 2.52 bits per heavy atom. The first-order valence-electron chi connectivity index (χ1n) is 7.59. The van der Waals surface area contributed by atoms with Crippen molar-refractivity contribution in [3.05, 3.63) is 40.3 Å². The van der Waals surface area contributed by atoms with Crippen molar-refractivity contribution in [1.29, 1.82) is 0 Å². The van der Waals surface area contributed by atoms with E-state index < -0.39 is 5.97 Å². The van der Waals surface area contributed by atoms with Gasteiger partial charge >= 0.3 is 5.97 Å². The molecule has 0 aliphatic rings. The normalized spacial score (nSPS) is 10.4. The minimum absolute atomic E-state index is 0.245. The van der Waals surface area contributed by atoms with Crippen LogP contribution in [-0.4, -0.2) is 32.6 Å². The second kappa shape index (κ2) is 8.77. The molecule has 0 bridgehead atoms. The molecule has 25 heavy (non-hydrogen) atoms. The van der Waals surface area contributed by atoms with Crippen molar-refractivity contribution in [2.45, 2.75) is 17.6 Å². The molecule has 1 aromatic heterocycles. The number of carbonyl (C=O) groups is 2. The second-order valence-corrected chi connectivity index (χ2v) is 7.01. The van der Waals surface area contributed by atoms with Crippen LogP contribution in [0.15, 0.2) is 29.2 Å². The SMILES string of the molecule is CCOC(=O)c1c(N)sc(C(=O)NC)c1CSc1ccc(OC)cc1. The lowest BCUT2D eigenvalue weighted by Crippen LogP contribution is -2.18. The number of thioether (sulfide) groups is 1. The van der Waals surface area contributed by atoms with Gasteiger partial charge in [0, 0.05) is 23.3 Å². The first kappa shape index (κ1) is 19.1. The monoisotopic (exact) mass is 380 g/mol. The average molecular weight is 380 g/mol. The largest absolute Gasteiger partial charge is 0.497 e. The molecule has 0 spiro atoms. The summed E-state index contributed by atoms with van der Waals surface area (Å²) in [4.78, 5) is 25.8. The minimum Gasteiger partial charge on any atom is -0.497 e. The number of methoxy groups -OCH3 is 1. The van der Waals surface area contributed by atoms with Crippen LogP contribution in [0.25, 0.3) is 0 Å². The number of esters is 1. The summed E-state index contributed by atoms with van der Waals surface area (Å²) in [6.45, 7) is 1.97. The summed E-state index contributed by atoms with van der Waals surface area (Å²) < 4.78 is 10.2. The number of amides is 1. The molecule has 0 fully saturated rings. The Bertz CT molecular complexity index is 757. The number of hydrogen-bond donors (Lipinski definition) is 2. The zero-order valence-corrected chi connectivity index (χ0v) is 15.9. The molecule has 0 aliphatic carbocycles. The molecule has 0 unspecified atom stereocenters. The van der Waals surface area contributed by atoms with Crippen molar-refractivity contribution in [1.82, 2.24) is 5.32 Å². The number of nitrogens with one attached hydrogen (secondary N) is 1. The third-order valence-corrected chi connectivity index (χ3v) is 5.49. The van der Waals surface area contributed by atoms with Crippen LogP contribution in [0.4, 0.5) is 5.00 Å². The Hall–Kier alpha value is -2.19. The molecule has 1 heterocycles. The fraction of sp³-hybridized carbons (Fsp3) is 0.294. The summed E-state index contributed by atoms with van der Waals surface area (Å²) in [6.07, 6.45) is 0. The van der Waals surface area contributed by atoms with Crippen molar-refractivity contribution in [2.24, 2.45) is 0 Å². The molecule has 0 radical (unpaired) electrons. The van der Waals surface area contributed by atoms with Gasteiger partial charge in [-0.2, -0.15) is 0 Å². The number of rotatable bonds is 7. The van der Waals surface area contributed by atoms with E-state index in [4.69, 9.17) is 15.2 Å². The molecule has 0 saturated heterocycles. The predicted octanol–water partition coefficient (Wildman–Crippen LogP) is 3.17. The molecule has 134 valence electrons. The first-order chi connectivity index (χ1) is 12.0. The van der Waals surface area contributed by atoms with Crippen molar-refractivity contribution < 1.29 is 19.1 Å². The van der Waals surface area contributed by atoms with E-state index >= 15 is 0 Å². The maximum atomic E-state index is 12.3. The van der Waals surface area contributed by atoms with Crippen LogP contribution in [-0.2, 0) is 10.5 Å². The number of ether oxygens (including phenoxy) is 2. The van der Waals surface area contributed by atoms with Gasteiger partial charge in [0.05, 0.1) is 24.2 Å². The lowest BCUT2D eigenvalue weighted by atomic mass is 10.1. The van der Waals surface area contributed by atoms with E-state index in [1.807, 2.05) is 24.3 Å². The highest BCUT2D eigenvalue weighted by molar-refractivity contribution is 7.98. The van der Waals surface area contributed by atoms with E-state index in [-0.39, 0.29) is 18.1 Å². The lowest BCUT2D eigenvalue weighted by molar-refractivity contribution is 0.0527. The number of carbonyl (C=O) groups excluding carboxylic acids is 2. The van der Waals surface area contributed by atoms with E-state index in [0.29, 0.717) is 21.2 Å². The predicted molar refractivity (Wildman–Crippen MR) is 101 cm³/mol. The van der Waals surface area contributed by atoms with E-state index in [9.17, 15) is 9.59 Å². The molecular formula is C17H20N2O4S2. The fourth-order valence-electron chi connectivity index (χ4n) is 2.17. The number of nitrogens with two attached hydrogens (primary N) is 1. The number of thiophene rings is 1. The first-order valence-corrected chi connectivity index (χ1v) is 9.39. The van der Waals surface area contributed by atoms with Gasteiger partial charge < -0.3 is 20.5 Å². The van der Waals surface area contributed by atoms with Crippen molar-refractivity contribution in [3.8, 4) is 5.75 Å². The zero-order chi connectivity index (χ0) is 18.4. The third-order valence-electron chi connectivity index (χ3n) is 3.39. The maximum Gasteiger partial charge on any atom is 0.341 e. The summed E-state index contributed by atoms with van der Waals surface area (Å²) in [5, 5.41) is 2.88. The van der Waals surface area contributed by atoms with Crippen LogP contribution >= 0.6 is 23.1 Å². The fourth-order valence-corrected chi connectivity index (χ4v) is 4.21. The molecule has 0 aliphatic heterocycles. The van der Waals surface area contributed by atoms with Gasteiger partial charge in [-0.25, -0.2) is 4.79 Å². The molecule has 1 aromatic carbocycles.